The van der Waals surface area contributed by atoms with Crippen molar-refractivity contribution in [3.05, 3.63) is 176 Å². The fourth-order valence-corrected chi connectivity index (χ4v) is 15.7. The van der Waals surface area contributed by atoms with Crippen LogP contribution in [0.2, 0.25) is 0 Å². The van der Waals surface area contributed by atoms with E-state index in [4.69, 9.17) is 37.9 Å². The Bertz CT molecular complexity index is 5390. The lowest BCUT2D eigenvalue weighted by Gasteiger charge is -2.31. The smallest absolute Gasteiger partial charge is 0.265 e. The van der Waals surface area contributed by atoms with Gasteiger partial charge in [0.1, 0.15) is 11.5 Å². The first-order chi connectivity index (χ1) is 58.5. The molecule has 5 fully saturated rings. The summed E-state index contributed by atoms with van der Waals surface area (Å²) in [6.45, 7) is 20.0. The number of carbonyl (C=O) groups is 6. The van der Waals surface area contributed by atoms with Crippen LogP contribution in [0.15, 0.2) is 98.0 Å². The molecule has 35 heteroatoms. The van der Waals surface area contributed by atoms with Crippen LogP contribution in [-0.2, 0) is 86.2 Å². The average Bonchev–Trinajstić information content (AvgIpc) is 1.66. The highest BCUT2D eigenvalue weighted by molar-refractivity contribution is 6.04. The van der Waals surface area contributed by atoms with E-state index in [2.05, 4.69) is 61.1 Å². The number of aromatic amines is 4. The number of amides is 5. The molecule has 4 aromatic carbocycles. The Kier molecular flexibility index (Phi) is 27.6. The highest BCUT2D eigenvalue weighted by Gasteiger charge is 2.43. The molecule has 121 heavy (non-hydrogen) atoms. The summed E-state index contributed by atoms with van der Waals surface area (Å²) in [7, 11) is 0. The van der Waals surface area contributed by atoms with E-state index in [0.717, 1.165) is 60.4 Å². The monoisotopic (exact) mass is 1660 g/mol. The topological polar surface area (TPSA) is 424 Å². The maximum absolute atomic E-state index is 12.8. The standard InChI is InChI=1S/C24H30N4O5.C21H25N5O5.C21H24N4O4.C20H24N4O4/c1-16-18(22(30)27-23(25-16)28-11-13-31-14-12-28)6-8-21(29)26-17-5-7-19-20(15-17)33-24(32-19)9-3-2-4-10-24;1-12-15(20(29)25-21(22-12)26-7-9-30-10-8-26)4-6-18(27)23-14-3-5-17-16(11-14)24-19(28)13(2)31-17;1-14-17(20(28)23-21(22-14)24-8-10-29-11-9-24)6-7-19(27)25-13-16(26)12-15-4-2-3-5-18(15)25;1-13-16(19(26)23-20(21-13)24-7-10-27-11-8-24)4-5-18(25)22-15-3-2-14-6-9-28-17(14)12-15/h5,7,15H,2-4,6,8-14H2,1H3,(H,26,29)(H,25,27,30);3,5,11,13H,4,6-10H2,1-2H3,(H,23,27)(H,24,28)(H,22,25,29);2-5H,6-13H2,1H3,(H,22,23,28);2-3,12H,4-11H2,1H3,(H,22,25)(H,21,23,26). The van der Waals surface area contributed by atoms with Crippen LogP contribution in [0.3, 0.4) is 0 Å². The summed E-state index contributed by atoms with van der Waals surface area (Å²) in [5.74, 6) is 3.50. The molecule has 8 N–H and O–H groups in total. The zero-order valence-electron chi connectivity index (χ0n) is 68.8. The lowest BCUT2D eigenvalue weighted by atomic mass is 9.94. The molecule has 0 bridgehead atoms. The number of rotatable bonds is 19. The molecular formula is C86H103N17O18. The molecule has 8 aromatic rings. The van der Waals surface area contributed by atoms with Crippen LogP contribution < -0.4 is 87.0 Å². The van der Waals surface area contributed by atoms with Gasteiger partial charge in [0.25, 0.3) is 33.9 Å². The predicted octanol–water partition coefficient (Wildman–Crippen LogP) is 6.55. The number of para-hydroxylation sites is 1. The fourth-order valence-electron chi connectivity index (χ4n) is 15.7. The van der Waals surface area contributed by atoms with Crippen molar-refractivity contribution in [3.63, 3.8) is 0 Å². The number of benzene rings is 4. The molecule has 17 rings (SSSR count). The third kappa shape index (κ3) is 21.6. The highest BCUT2D eigenvalue weighted by atomic mass is 16.7. The Morgan fingerprint density at radius 1 is 0.455 bits per heavy atom. The van der Waals surface area contributed by atoms with Crippen LogP contribution >= 0.6 is 0 Å². The van der Waals surface area contributed by atoms with Crippen LogP contribution in [0.5, 0.6) is 23.0 Å². The highest BCUT2D eigenvalue weighted by Crippen LogP contribution is 2.47. The molecular weight excluding hydrogens is 1560 g/mol. The number of carbonyl (C=O) groups excluding carboxylic acids is 6. The van der Waals surface area contributed by atoms with E-state index in [9.17, 15) is 47.9 Å². The molecule has 1 spiro atoms. The zero-order chi connectivity index (χ0) is 84.7. The van der Waals surface area contributed by atoms with Crippen molar-refractivity contribution in [1.82, 2.24) is 39.9 Å². The number of nitrogens with zero attached hydrogens (tertiary/aromatic N) is 9. The van der Waals surface area contributed by atoms with E-state index >= 15 is 0 Å². The molecule has 9 aliphatic rings. The SMILES string of the molecule is Cc1nc(N2CCOCC2)[nH]c(=O)c1CCC(=O)N1CC(=O)Cc2ccccc21.Cc1nc(N2CCOCC2)[nH]c(=O)c1CCC(=O)Nc1ccc2c(c1)NC(=O)C(C)O2.Cc1nc(N2CCOCC2)[nH]c(=O)c1CCC(=O)Nc1ccc2c(c1)OC1(CCCCC1)O2.Cc1nc(N2CCOCC2)[nH]c(=O)c1CCC(=O)Nc1ccc2c(c1)OCC2. The van der Waals surface area contributed by atoms with Crippen LogP contribution in [0.4, 0.5) is 52.2 Å². The van der Waals surface area contributed by atoms with E-state index in [1.807, 2.05) is 94.1 Å². The van der Waals surface area contributed by atoms with Gasteiger partial charge < -0.3 is 83.7 Å². The molecule has 0 radical (unpaired) electrons. The van der Waals surface area contributed by atoms with Crippen LogP contribution in [-0.4, -0.2) is 205 Å². The quantitative estimate of drug-likeness (QED) is 0.0425. The van der Waals surface area contributed by atoms with Crippen LogP contribution in [0, 0.1) is 27.7 Å². The largest absolute Gasteiger partial charge is 0.493 e. The summed E-state index contributed by atoms with van der Waals surface area (Å²) in [4.78, 5) is 163. The molecule has 1 unspecified atom stereocenters. The van der Waals surface area contributed by atoms with Crippen molar-refractivity contribution in [2.45, 2.75) is 143 Å². The molecule has 1 saturated carbocycles. The number of morpholine rings is 4. The number of ketones is 1. The van der Waals surface area contributed by atoms with Gasteiger partial charge >= 0.3 is 0 Å². The minimum absolute atomic E-state index is 0.0163. The lowest BCUT2D eigenvalue weighted by molar-refractivity contribution is -0.123. The Labute approximate surface area is 697 Å². The lowest BCUT2D eigenvalue weighted by Crippen LogP contribution is -2.40. The summed E-state index contributed by atoms with van der Waals surface area (Å²) >= 11 is 0. The number of H-pyrrole nitrogens is 4. The van der Waals surface area contributed by atoms with Gasteiger partial charge in [-0.25, -0.2) is 19.9 Å². The Morgan fingerprint density at radius 2 is 0.860 bits per heavy atom. The number of Topliss-reactive ketones (excluding diaryl/α,β-unsaturated/α-hetero) is 1. The molecule has 4 aromatic heterocycles. The molecule has 12 heterocycles. The van der Waals surface area contributed by atoms with E-state index in [0.29, 0.717) is 234 Å². The second-order valence-electron chi connectivity index (χ2n) is 30.9. The van der Waals surface area contributed by atoms with Crippen molar-refractivity contribution in [1.29, 1.82) is 0 Å². The van der Waals surface area contributed by atoms with Crippen molar-refractivity contribution in [2.24, 2.45) is 0 Å². The van der Waals surface area contributed by atoms with Gasteiger partial charge in [-0.05, 0) is 127 Å². The second-order valence-corrected chi connectivity index (χ2v) is 30.9. The van der Waals surface area contributed by atoms with Gasteiger partial charge in [-0.15, -0.1) is 0 Å². The van der Waals surface area contributed by atoms with Gasteiger partial charge in [0.2, 0.25) is 47.4 Å². The predicted molar refractivity (Wildman–Crippen MR) is 452 cm³/mol. The minimum atomic E-state index is -0.558. The summed E-state index contributed by atoms with van der Waals surface area (Å²) in [5.41, 5.74) is 8.99. The van der Waals surface area contributed by atoms with E-state index < -0.39 is 11.9 Å². The summed E-state index contributed by atoms with van der Waals surface area (Å²) in [5, 5.41) is 11.3. The van der Waals surface area contributed by atoms with E-state index in [1.165, 1.54) is 11.3 Å². The Balaban J connectivity index is 0.000000132. The second kappa shape index (κ2) is 39.2. The summed E-state index contributed by atoms with van der Waals surface area (Å²) in [6, 6.07) is 23.7. The molecule has 4 saturated heterocycles. The molecule has 640 valence electrons. The van der Waals surface area contributed by atoms with Gasteiger partial charge in [-0.1, -0.05) is 30.7 Å². The van der Waals surface area contributed by atoms with Gasteiger partial charge in [0.15, 0.2) is 23.4 Å². The molecule has 1 aliphatic carbocycles. The third-order valence-electron chi connectivity index (χ3n) is 22.4. The van der Waals surface area contributed by atoms with E-state index in [1.54, 1.807) is 39.0 Å². The van der Waals surface area contributed by atoms with Gasteiger partial charge in [0.05, 0.1) is 71.7 Å². The zero-order valence-corrected chi connectivity index (χ0v) is 68.8. The Morgan fingerprint density at radius 3 is 1.31 bits per heavy atom. The van der Waals surface area contributed by atoms with Gasteiger partial charge in [0, 0.05) is 184 Å². The number of aryl methyl sites for hydroxylation is 4. The number of aromatic nitrogens is 8. The fraction of sp³-hybridized carbons (Fsp3) is 0.465. The first-order valence-corrected chi connectivity index (χ1v) is 41.4. The number of hydrogen-bond donors (Lipinski definition) is 8. The van der Waals surface area contributed by atoms with Crippen molar-refractivity contribution >= 4 is 87.5 Å². The normalized spacial score (nSPS) is 17.5. The third-order valence-corrected chi connectivity index (χ3v) is 22.4. The molecule has 8 aliphatic heterocycles. The first-order valence-electron chi connectivity index (χ1n) is 41.4. The first kappa shape index (κ1) is 85.1. The molecule has 5 amide bonds. The summed E-state index contributed by atoms with van der Waals surface area (Å²) < 4.78 is 44.6. The van der Waals surface area contributed by atoms with Crippen molar-refractivity contribution in [3.8, 4) is 23.0 Å². The van der Waals surface area contributed by atoms with Crippen molar-refractivity contribution < 1.29 is 66.7 Å². The average molecular weight is 1660 g/mol. The number of ether oxygens (including phenoxy) is 8. The Hall–Kier alpha value is -12.3. The number of fused-ring (bicyclic) bond motifs is 4. The maximum atomic E-state index is 12.8. The van der Waals surface area contributed by atoms with Crippen molar-refractivity contribution in [2.75, 3.05) is 164 Å². The van der Waals surface area contributed by atoms with E-state index in [-0.39, 0.29) is 103 Å². The number of nitrogens with one attached hydrogen (secondary N) is 8. The summed E-state index contributed by atoms with van der Waals surface area (Å²) in [6.07, 6.45) is 7.73. The maximum Gasteiger partial charge on any atom is 0.265 e. The van der Waals surface area contributed by atoms with Gasteiger partial charge in [-0.3, -0.25) is 67.9 Å². The molecule has 35 nitrogen and oxygen atoms in total. The molecule has 1 atom stereocenters. The van der Waals surface area contributed by atoms with Crippen LogP contribution in [0.1, 0.15) is 121 Å². The van der Waals surface area contributed by atoms with Crippen LogP contribution in [0.25, 0.3) is 0 Å². The number of hydrogen-bond acceptors (Lipinski definition) is 26. The van der Waals surface area contributed by atoms with Gasteiger partial charge in [-0.2, -0.15) is 0 Å². The minimum Gasteiger partial charge on any atom is -0.493 e. The number of anilines is 9.